The molecule has 0 radical (unpaired) electrons. The summed E-state index contributed by atoms with van der Waals surface area (Å²) in [6.07, 6.45) is 7.06. The molecule has 4 heterocycles. The minimum Gasteiger partial charge on any atom is -0.480 e. The minimum atomic E-state index is -1.02. The molecule has 19 nitrogen and oxygen atoms in total. The van der Waals surface area contributed by atoms with Crippen molar-refractivity contribution in [1.29, 1.82) is 0 Å². The molecule has 424 valence electrons. The molecule has 0 saturated carbocycles. The standard InChI is InChI=1S/C21H27NO4.C20H28N2O5.C18H24N2O5/c1-3-26-21(25)16(12-11-15-8-5-4-6-9-15)18-14(2)20(24)22-13-7-10-17(22)19(18)23;1-3-27-20(26)16(12-11-15-8-5-4-6-9-15)21-14(2)18(23)22-13-7-10-17(22)19(24)25;1-12(16(21)20-11-5-8-15(20)18(24)25)19-14(17(22)23)10-9-13-6-3-2-4-7-13/h4-6,8-9,14,16-18H,3,7,10-13H2,1-2H3;4-6,8-9,14,16-17,21H,3,7,10-13H2,1-2H3,(H,24,25);2-4,6-7,12,14-15,19H,5,8-11H2,1H3,(H,22,23)(H,24,25)/t14-,16-,17?,18?;14-,16-,17?;12-,14-,15?/m100/s1. The number of carboxylic acid groups (broad SMARTS) is 3. The number of hydrogen-bond acceptors (Lipinski definition) is 13. The van der Waals surface area contributed by atoms with E-state index in [4.69, 9.17) is 9.47 Å². The second kappa shape index (κ2) is 30.8. The quantitative estimate of drug-likeness (QED) is 0.0749. The number of amides is 3. The molecule has 4 unspecified atom stereocenters. The van der Waals surface area contributed by atoms with Crippen molar-refractivity contribution >= 4 is 53.4 Å². The number of nitrogens with one attached hydrogen (secondary N) is 2. The smallest absolute Gasteiger partial charge is 0.326 e. The van der Waals surface area contributed by atoms with Crippen LogP contribution in [0.25, 0.3) is 0 Å². The Bertz CT molecular complexity index is 2480. The molecule has 3 amide bonds. The largest absolute Gasteiger partial charge is 0.480 e. The number of fused-ring (bicyclic) bond motifs is 1. The van der Waals surface area contributed by atoms with Gasteiger partial charge in [0.05, 0.1) is 37.3 Å². The van der Waals surface area contributed by atoms with Crippen molar-refractivity contribution in [2.75, 3.05) is 32.8 Å². The van der Waals surface area contributed by atoms with E-state index in [1.165, 1.54) is 9.80 Å². The maximum Gasteiger partial charge on any atom is 0.326 e. The normalized spacial score (nSPS) is 21.6. The summed E-state index contributed by atoms with van der Waals surface area (Å²) in [5, 5.41) is 33.8. The molecule has 5 N–H and O–H groups in total. The average molecular weight is 1080 g/mol. The predicted octanol–water partition coefficient (Wildman–Crippen LogP) is 5.36. The summed E-state index contributed by atoms with van der Waals surface area (Å²) in [7, 11) is 0. The molecular weight excluding hydrogens is 1000 g/mol. The van der Waals surface area contributed by atoms with Gasteiger partial charge < -0.3 is 39.5 Å². The highest BCUT2D eigenvalue weighted by Crippen LogP contribution is 2.38. The number of carbonyl (C=O) groups is 9. The first-order valence-corrected chi connectivity index (χ1v) is 27.5. The molecule has 4 aliphatic rings. The Morgan fingerprint density at radius 2 is 0.987 bits per heavy atom. The second-order valence-corrected chi connectivity index (χ2v) is 20.4. The Morgan fingerprint density at radius 1 is 0.577 bits per heavy atom. The number of hydrogen-bond donors (Lipinski definition) is 5. The summed E-state index contributed by atoms with van der Waals surface area (Å²) < 4.78 is 10.4. The third-order valence-corrected chi connectivity index (χ3v) is 15.0. The molecule has 0 bridgehead atoms. The van der Waals surface area contributed by atoms with E-state index in [1.807, 2.05) is 91.0 Å². The third-order valence-electron chi connectivity index (χ3n) is 15.0. The van der Waals surface area contributed by atoms with E-state index in [-0.39, 0.29) is 48.7 Å². The fourth-order valence-corrected chi connectivity index (χ4v) is 10.9. The summed E-state index contributed by atoms with van der Waals surface area (Å²) in [5.74, 6) is -6.01. The average Bonchev–Trinajstić information content (AvgIpc) is 4.26. The van der Waals surface area contributed by atoms with Gasteiger partial charge in [0.2, 0.25) is 17.7 Å². The molecule has 78 heavy (non-hydrogen) atoms. The highest BCUT2D eigenvalue weighted by Gasteiger charge is 2.52. The fraction of sp³-hybridized carbons (Fsp3) is 0.542. The van der Waals surface area contributed by atoms with Gasteiger partial charge >= 0.3 is 29.8 Å². The van der Waals surface area contributed by atoms with E-state index in [1.54, 1.807) is 39.5 Å². The van der Waals surface area contributed by atoms with Gasteiger partial charge in [0, 0.05) is 31.5 Å². The van der Waals surface area contributed by atoms with Crippen LogP contribution in [0.2, 0.25) is 0 Å². The first kappa shape index (κ1) is 61.9. The van der Waals surface area contributed by atoms with Crippen LogP contribution in [0.15, 0.2) is 91.0 Å². The van der Waals surface area contributed by atoms with Gasteiger partial charge in [0.1, 0.15) is 24.2 Å². The lowest BCUT2D eigenvalue weighted by Gasteiger charge is -2.40. The van der Waals surface area contributed by atoms with Crippen molar-refractivity contribution in [1.82, 2.24) is 25.3 Å². The summed E-state index contributed by atoms with van der Waals surface area (Å²) >= 11 is 0. The van der Waals surface area contributed by atoms with Gasteiger partial charge in [-0.2, -0.15) is 0 Å². The van der Waals surface area contributed by atoms with Crippen LogP contribution >= 0.6 is 0 Å². The maximum absolute atomic E-state index is 13.1. The maximum atomic E-state index is 13.1. The Kier molecular flexibility index (Phi) is 24.4. The molecule has 0 spiro atoms. The van der Waals surface area contributed by atoms with Crippen LogP contribution in [0.1, 0.15) is 109 Å². The molecule has 0 aliphatic carbocycles. The lowest BCUT2D eigenvalue weighted by Crippen LogP contribution is -2.56. The van der Waals surface area contributed by atoms with Crippen molar-refractivity contribution in [3.8, 4) is 0 Å². The SMILES string of the molecule is CCOC(=O)[C@H](CCc1ccccc1)C1C(=O)C2CCCN2C(=O)[C@@H]1C.CCOC(=O)[C@H](CCc1ccccc1)N[C@@H](C)C(=O)N1CCCC1C(=O)O.C[C@H](N[C@@H](CCc1ccccc1)C(=O)O)C(=O)N1CCCC1C(=O)O. The summed E-state index contributed by atoms with van der Waals surface area (Å²) in [6, 6.07) is 24.3. The molecule has 0 aromatic heterocycles. The summed E-state index contributed by atoms with van der Waals surface area (Å²) in [6.45, 7) is 10.5. The number of rotatable bonds is 23. The van der Waals surface area contributed by atoms with Crippen molar-refractivity contribution in [2.45, 2.75) is 154 Å². The number of ketones is 1. The van der Waals surface area contributed by atoms with Gasteiger partial charge in [-0.3, -0.25) is 44.2 Å². The number of esters is 2. The van der Waals surface area contributed by atoms with Crippen LogP contribution in [-0.2, 0) is 71.9 Å². The van der Waals surface area contributed by atoms with E-state index < -0.39 is 77.9 Å². The summed E-state index contributed by atoms with van der Waals surface area (Å²) in [5.41, 5.74) is 3.24. The van der Waals surface area contributed by atoms with Crippen LogP contribution in [0, 0.1) is 17.8 Å². The van der Waals surface area contributed by atoms with E-state index in [2.05, 4.69) is 10.6 Å². The second-order valence-electron chi connectivity index (χ2n) is 20.4. The highest BCUT2D eigenvalue weighted by atomic mass is 16.5. The Balaban J connectivity index is 0.000000216. The zero-order valence-corrected chi connectivity index (χ0v) is 45.6. The number of likely N-dealkylation sites (tertiary alicyclic amines) is 2. The van der Waals surface area contributed by atoms with E-state index in [9.17, 15) is 58.5 Å². The van der Waals surface area contributed by atoms with Crippen LogP contribution < -0.4 is 10.6 Å². The van der Waals surface area contributed by atoms with Crippen molar-refractivity contribution in [3.05, 3.63) is 108 Å². The van der Waals surface area contributed by atoms with Gasteiger partial charge in [-0.15, -0.1) is 0 Å². The molecule has 4 fully saturated rings. The van der Waals surface area contributed by atoms with Gasteiger partial charge in [-0.05, 0) is 121 Å². The Hall–Kier alpha value is -6.99. The Morgan fingerprint density at radius 3 is 1.42 bits per heavy atom. The number of nitrogens with zero attached hydrogens (tertiary/aromatic N) is 3. The zero-order valence-electron chi connectivity index (χ0n) is 45.6. The van der Waals surface area contributed by atoms with Crippen molar-refractivity contribution in [2.24, 2.45) is 17.8 Å². The molecular formula is C59H79N5O14. The van der Waals surface area contributed by atoms with Crippen LogP contribution in [0.4, 0.5) is 0 Å². The van der Waals surface area contributed by atoms with Crippen LogP contribution in [0.5, 0.6) is 0 Å². The van der Waals surface area contributed by atoms with Crippen LogP contribution in [-0.4, -0.2) is 159 Å². The molecule has 7 rings (SSSR count). The molecule has 19 heteroatoms. The molecule has 4 aliphatic heterocycles. The number of piperidine rings is 1. The molecule has 3 aromatic carbocycles. The van der Waals surface area contributed by atoms with Gasteiger partial charge in [-0.1, -0.05) is 97.9 Å². The number of aryl methyl sites for hydroxylation is 3. The summed E-state index contributed by atoms with van der Waals surface area (Å²) in [4.78, 5) is 114. The van der Waals surface area contributed by atoms with E-state index in [0.717, 1.165) is 23.1 Å². The van der Waals surface area contributed by atoms with E-state index >= 15 is 0 Å². The molecule has 10 atom stereocenters. The van der Waals surface area contributed by atoms with Crippen molar-refractivity contribution in [3.63, 3.8) is 0 Å². The predicted molar refractivity (Wildman–Crippen MR) is 289 cm³/mol. The third kappa shape index (κ3) is 17.3. The van der Waals surface area contributed by atoms with Crippen molar-refractivity contribution < 1.29 is 67.9 Å². The molecule has 3 aromatic rings. The number of carbonyl (C=O) groups excluding carboxylic acids is 6. The topological polar surface area (TPSA) is 267 Å². The van der Waals surface area contributed by atoms with Gasteiger partial charge in [0.15, 0.2) is 5.78 Å². The molecule has 4 saturated heterocycles. The number of aliphatic carboxylic acids is 3. The monoisotopic (exact) mass is 1080 g/mol. The highest BCUT2D eigenvalue weighted by molar-refractivity contribution is 6.01. The van der Waals surface area contributed by atoms with Gasteiger partial charge in [-0.25, -0.2) is 9.59 Å². The number of Topliss-reactive ketones (excluding diaryl/α,β-unsaturated/α-hetero) is 1. The zero-order chi connectivity index (χ0) is 56.9. The first-order valence-electron chi connectivity index (χ1n) is 27.5. The minimum absolute atomic E-state index is 0.00566. The van der Waals surface area contributed by atoms with Crippen LogP contribution in [0.3, 0.4) is 0 Å². The number of benzene rings is 3. The lowest BCUT2D eigenvalue weighted by molar-refractivity contribution is -0.162. The fourth-order valence-electron chi connectivity index (χ4n) is 10.9. The van der Waals surface area contributed by atoms with E-state index in [0.29, 0.717) is 90.3 Å². The number of carboxylic acids is 3. The Labute approximate surface area is 457 Å². The lowest BCUT2D eigenvalue weighted by atomic mass is 9.72. The number of ether oxygens (including phenoxy) is 2. The first-order chi connectivity index (χ1) is 37.4. The van der Waals surface area contributed by atoms with Gasteiger partial charge in [0.25, 0.3) is 0 Å².